The number of nitrogens with one attached hydrogen (secondary N) is 1. The average Bonchev–Trinajstić information content (AvgIpc) is 2.15. The van der Waals surface area contributed by atoms with Gasteiger partial charge in [0, 0.05) is 12.1 Å². The Hall–Kier alpha value is -1.65. The summed E-state index contributed by atoms with van der Waals surface area (Å²) in [5.74, 6) is 0.421. The van der Waals surface area contributed by atoms with Gasteiger partial charge < -0.3 is 9.72 Å². The van der Waals surface area contributed by atoms with E-state index in [4.69, 9.17) is 4.74 Å². The highest BCUT2D eigenvalue weighted by Crippen LogP contribution is 2.33. The van der Waals surface area contributed by atoms with E-state index in [9.17, 15) is 9.59 Å². The summed E-state index contributed by atoms with van der Waals surface area (Å²) in [5.41, 5.74) is -0.430. The third kappa shape index (κ3) is 1.98. The first kappa shape index (κ1) is 10.9. The van der Waals surface area contributed by atoms with E-state index in [1.54, 1.807) is 6.92 Å². The first-order valence-corrected chi connectivity index (χ1v) is 5.48. The topological polar surface area (TPSA) is 72.0 Å². The van der Waals surface area contributed by atoms with Crippen molar-refractivity contribution in [3.05, 3.63) is 27.9 Å². The zero-order valence-corrected chi connectivity index (χ0v) is 9.16. The van der Waals surface area contributed by atoms with Crippen LogP contribution >= 0.6 is 0 Å². The molecule has 1 fully saturated rings. The molecular formula is C11H14N2O3. The SMILES string of the molecule is CCOC(=O)c1cnc(C2CCC2)[nH]c1=O. The molecule has 0 atom stereocenters. The van der Waals surface area contributed by atoms with Crippen molar-refractivity contribution in [2.75, 3.05) is 6.61 Å². The Morgan fingerprint density at radius 3 is 2.88 bits per heavy atom. The summed E-state index contributed by atoms with van der Waals surface area (Å²) >= 11 is 0. The summed E-state index contributed by atoms with van der Waals surface area (Å²) < 4.78 is 4.75. The molecule has 1 aromatic heterocycles. The smallest absolute Gasteiger partial charge is 0.345 e. The predicted octanol–water partition coefficient (Wildman–Crippen LogP) is 1.21. The molecule has 1 saturated carbocycles. The number of aromatic nitrogens is 2. The molecule has 0 spiro atoms. The maximum Gasteiger partial charge on any atom is 0.345 e. The molecule has 0 saturated heterocycles. The average molecular weight is 222 g/mol. The second-order valence-electron chi connectivity index (χ2n) is 3.86. The van der Waals surface area contributed by atoms with Crippen molar-refractivity contribution in [2.24, 2.45) is 0 Å². The number of hydrogen-bond acceptors (Lipinski definition) is 4. The minimum Gasteiger partial charge on any atom is -0.462 e. The highest BCUT2D eigenvalue weighted by Gasteiger charge is 2.23. The maximum absolute atomic E-state index is 11.6. The molecule has 0 amide bonds. The molecule has 5 nitrogen and oxygen atoms in total. The molecule has 0 bridgehead atoms. The second kappa shape index (κ2) is 4.47. The Bertz CT molecular complexity index is 449. The van der Waals surface area contributed by atoms with Gasteiger partial charge in [-0.25, -0.2) is 9.78 Å². The summed E-state index contributed by atoms with van der Waals surface area (Å²) in [5, 5.41) is 0. The highest BCUT2D eigenvalue weighted by molar-refractivity contribution is 5.88. The zero-order valence-electron chi connectivity index (χ0n) is 9.16. The zero-order chi connectivity index (χ0) is 11.5. The monoisotopic (exact) mass is 222 g/mol. The van der Waals surface area contributed by atoms with Crippen LogP contribution in [0.25, 0.3) is 0 Å². The van der Waals surface area contributed by atoms with Gasteiger partial charge in [0.15, 0.2) is 0 Å². The van der Waals surface area contributed by atoms with Crippen molar-refractivity contribution in [2.45, 2.75) is 32.1 Å². The van der Waals surface area contributed by atoms with Gasteiger partial charge in [-0.05, 0) is 19.8 Å². The Kier molecular flexibility index (Phi) is 3.03. The van der Waals surface area contributed by atoms with E-state index >= 15 is 0 Å². The van der Waals surface area contributed by atoms with E-state index in [1.165, 1.54) is 12.6 Å². The molecule has 2 rings (SSSR count). The van der Waals surface area contributed by atoms with Crippen LogP contribution in [0.15, 0.2) is 11.0 Å². The van der Waals surface area contributed by atoms with Gasteiger partial charge >= 0.3 is 5.97 Å². The van der Waals surface area contributed by atoms with Gasteiger partial charge in [-0.15, -0.1) is 0 Å². The number of H-pyrrole nitrogens is 1. The fraction of sp³-hybridized carbons (Fsp3) is 0.545. The lowest BCUT2D eigenvalue weighted by atomic mass is 9.85. The van der Waals surface area contributed by atoms with E-state index in [1.807, 2.05) is 0 Å². The number of nitrogens with zero attached hydrogens (tertiary/aromatic N) is 1. The van der Waals surface area contributed by atoms with E-state index in [0.29, 0.717) is 11.7 Å². The largest absolute Gasteiger partial charge is 0.462 e. The Labute approximate surface area is 92.9 Å². The number of carbonyl (C=O) groups excluding carboxylic acids is 1. The van der Waals surface area contributed by atoms with Gasteiger partial charge in [-0.1, -0.05) is 6.42 Å². The van der Waals surface area contributed by atoms with Crippen LogP contribution in [0, 0.1) is 0 Å². The summed E-state index contributed by atoms with van der Waals surface area (Å²) in [6.45, 7) is 1.95. The third-order valence-corrected chi connectivity index (χ3v) is 2.81. The third-order valence-electron chi connectivity index (χ3n) is 2.81. The van der Waals surface area contributed by atoms with Crippen molar-refractivity contribution in [3.63, 3.8) is 0 Å². The first-order chi connectivity index (χ1) is 7.72. The first-order valence-electron chi connectivity index (χ1n) is 5.48. The molecule has 5 heteroatoms. The van der Waals surface area contributed by atoms with Gasteiger partial charge in [0.2, 0.25) is 0 Å². The fourth-order valence-corrected chi connectivity index (χ4v) is 1.65. The van der Waals surface area contributed by atoms with E-state index in [0.717, 1.165) is 12.8 Å². The van der Waals surface area contributed by atoms with Crippen molar-refractivity contribution < 1.29 is 9.53 Å². The van der Waals surface area contributed by atoms with Crippen LogP contribution in [-0.2, 0) is 4.74 Å². The minimum atomic E-state index is -0.614. The standard InChI is InChI=1S/C11H14N2O3/c1-2-16-11(15)8-6-12-9(13-10(8)14)7-4-3-5-7/h6-7H,2-5H2,1H3,(H,12,13,14). The number of esters is 1. The molecule has 1 aliphatic rings. The van der Waals surface area contributed by atoms with Crippen molar-refractivity contribution in [3.8, 4) is 0 Å². The molecule has 1 N–H and O–H groups in total. The summed E-state index contributed by atoms with van der Waals surface area (Å²) in [6, 6.07) is 0. The van der Waals surface area contributed by atoms with Crippen molar-refractivity contribution >= 4 is 5.97 Å². The quantitative estimate of drug-likeness (QED) is 0.780. The van der Waals surface area contributed by atoms with E-state index in [-0.39, 0.29) is 12.2 Å². The van der Waals surface area contributed by atoms with Crippen LogP contribution in [0.2, 0.25) is 0 Å². The molecule has 0 radical (unpaired) electrons. The summed E-state index contributed by atoms with van der Waals surface area (Å²) in [6.07, 6.45) is 4.60. The van der Waals surface area contributed by atoms with Gasteiger partial charge in [-0.2, -0.15) is 0 Å². The Morgan fingerprint density at radius 2 is 2.38 bits per heavy atom. The molecule has 0 unspecified atom stereocenters. The van der Waals surface area contributed by atoms with Crippen LogP contribution in [0.4, 0.5) is 0 Å². The fourth-order valence-electron chi connectivity index (χ4n) is 1.65. The number of ether oxygens (including phenoxy) is 1. The van der Waals surface area contributed by atoms with Gasteiger partial charge in [0.1, 0.15) is 11.4 Å². The lowest BCUT2D eigenvalue weighted by Crippen LogP contribution is -2.24. The number of rotatable bonds is 3. The molecule has 1 aromatic rings. The highest BCUT2D eigenvalue weighted by atomic mass is 16.5. The summed E-state index contributed by atoms with van der Waals surface area (Å²) in [4.78, 5) is 29.7. The predicted molar refractivity (Wildman–Crippen MR) is 57.4 cm³/mol. The maximum atomic E-state index is 11.6. The molecule has 0 aromatic carbocycles. The lowest BCUT2D eigenvalue weighted by Gasteiger charge is -2.23. The van der Waals surface area contributed by atoms with Crippen LogP contribution < -0.4 is 5.56 Å². The molecule has 86 valence electrons. The molecule has 16 heavy (non-hydrogen) atoms. The number of hydrogen-bond donors (Lipinski definition) is 1. The van der Waals surface area contributed by atoms with Crippen LogP contribution in [0.3, 0.4) is 0 Å². The van der Waals surface area contributed by atoms with Crippen LogP contribution in [-0.4, -0.2) is 22.5 Å². The number of aromatic amines is 1. The van der Waals surface area contributed by atoms with Crippen molar-refractivity contribution in [1.29, 1.82) is 0 Å². The van der Waals surface area contributed by atoms with E-state index in [2.05, 4.69) is 9.97 Å². The van der Waals surface area contributed by atoms with Crippen molar-refractivity contribution in [1.82, 2.24) is 9.97 Å². The normalized spacial score (nSPS) is 15.6. The van der Waals surface area contributed by atoms with Gasteiger partial charge in [-0.3, -0.25) is 4.79 Å². The van der Waals surface area contributed by atoms with Gasteiger partial charge in [0.25, 0.3) is 5.56 Å². The Balaban J connectivity index is 2.22. The van der Waals surface area contributed by atoms with Crippen LogP contribution in [0.1, 0.15) is 48.3 Å². The number of carbonyl (C=O) groups is 1. The minimum absolute atomic E-state index is 0.0232. The summed E-state index contributed by atoms with van der Waals surface area (Å²) in [7, 11) is 0. The Morgan fingerprint density at radius 1 is 1.62 bits per heavy atom. The molecule has 0 aliphatic heterocycles. The van der Waals surface area contributed by atoms with Crippen LogP contribution in [0.5, 0.6) is 0 Å². The van der Waals surface area contributed by atoms with Gasteiger partial charge in [0.05, 0.1) is 6.61 Å². The second-order valence-corrected chi connectivity index (χ2v) is 3.86. The molecular weight excluding hydrogens is 208 g/mol. The molecule has 1 aliphatic carbocycles. The van der Waals surface area contributed by atoms with E-state index < -0.39 is 11.5 Å². The molecule has 1 heterocycles. The lowest BCUT2D eigenvalue weighted by molar-refractivity contribution is 0.0523.